The van der Waals surface area contributed by atoms with Crippen molar-refractivity contribution in [3.05, 3.63) is 52.6 Å². The van der Waals surface area contributed by atoms with Crippen molar-refractivity contribution in [2.75, 3.05) is 12.3 Å². The number of anilines is 1. The quantitative estimate of drug-likeness (QED) is 0.545. The molecule has 1 fully saturated rings. The third-order valence-corrected chi connectivity index (χ3v) is 6.27. The number of hydrogen-bond acceptors (Lipinski definition) is 10. The predicted octanol–water partition coefficient (Wildman–Crippen LogP) is 0.814. The first-order chi connectivity index (χ1) is 14.7. The second-order valence-corrected chi connectivity index (χ2v) is 8.53. The number of para-hydroxylation sites is 1. The van der Waals surface area contributed by atoms with Gasteiger partial charge in [-0.25, -0.2) is 18.1 Å². The Labute approximate surface area is 173 Å². The minimum absolute atomic E-state index is 0.136. The summed E-state index contributed by atoms with van der Waals surface area (Å²) in [6.45, 7) is -1.33. The van der Waals surface area contributed by atoms with Crippen LogP contribution in [0.2, 0.25) is 0 Å². The largest absolute Gasteiger partial charge is 0.530 e. The second-order valence-electron chi connectivity index (χ2n) is 6.93. The van der Waals surface area contributed by atoms with Crippen LogP contribution in [0, 0.1) is 0 Å². The van der Waals surface area contributed by atoms with Crippen LogP contribution in [-0.2, 0) is 25.0 Å². The lowest BCUT2D eigenvalue weighted by Gasteiger charge is -2.32. The summed E-state index contributed by atoms with van der Waals surface area (Å²) < 4.78 is 62.0. The first kappa shape index (κ1) is 21.8. The Bertz CT molecular complexity index is 1090. The molecule has 3 heterocycles. The van der Waals surface area contributed by atoms with Crippen molar-refractivity contribution in [2.24, 2.45) is 0 Å². The zero-order valence-electron chi connectivity index (χ0n) is 15.7. The van der Waals surface area contributed by atoms with E-state index in [2.05, 4.69) is 4.98 Å². The lowest BCUT2D eigenvalue weighted by molar-refractivity contribution is -0.194. The molecule has 2 aliphatic rings. The molecule has 4 rings (SSSR count). The molecule has 0 radical (unpaired) electrons. The van der Waals surface area contributed by atoms with E-state index in [9.17, 15) is 28.4 Å². The number of nitrogens with zero attached hydrogens (tertiary/aromatic N) is 2. The molecule has 31 heavy (non-hydrogen) atoms. The van der Waals surface area contributed by atoms with Gasteiger partial charge in [-0.15, -0.1) is 0 Å². The van der Waals surface area contributed by atoms with Crippen molar-refractivity contribution in [1.82, 2.24) is 9.55 Å². The van der Waals surface area contributed by atoms with Gasteiger partial charge in [-0.1, -0.05) is 18.2 Å². The van der Waals surface area contributed by atoms with Gasteiger partial charge in [-0.2, -0.15) is 4.98 Å². The Morgan fingerprint density at radius 3 is 2.81 bits per heavy atom. The van der Waals surface area contributed by atoms with Gasteiger partial charge in [0.15, 0.2) is 11.8 Å². The van der Waals surface area contributed by atoms with Gasteiger partial charge in [0.2, 0.25) is 0 Å². The van der Waals surface area contributed by atoms with E-state index < -0.39 is 50.6 Å². The number of rotatable bonds is 5. The van der Waals surface area contributed by atoms with E-state index >= 15 is 0 Å². The Morgan fingerprint density at radius 2 is 2.10 bits per heavy atom. The van der Waals surface area contributed by atoms with Crippen LogP contribution < -0.4 is 15.9 Å². The van der Waals surface area contributed by atoms with Crippen LogP contribution in [0.5, 0.6) is 5.75 Å². The highest BCUT2D eigenvalue weighted by molar-refractivity contribution is 7.49. The van der Waals surface area contributed by atoms with Crippen molar-refractivity contribution < 1.29 is 41.9 Å². The number of phosphoric acid groups is 1. The van der Waals surface area contributed by atoms with Gasteiger partial charge in [0, 0.05) is 11.8 Å². The van der Waals surface area contributed by atoms with E-state index in [0.717, 1.165) is 6.20 Å². The van der Waals surface area contributed by atoms with Gasteiger partial charge in [0.1, 0.15) is 23.8 Å². The standard InChI is InChI=1S/C17H18F2N3O8P/c18-15(19)17(8-28-31(26)27-7-9-3-1-2-4-10(9)30-31)13(24)12(23)14(29-17)22-6-5-11(20)21-16(22)25/h1-6,12-15,23-24H,7-8H2,(H2,20,21,25)/t12-,13+,14-,17-,31?/m1/s1. The van der Waals surface area contributed by atoms with Crippen LogP contribution in [0.1, 0.15) is 11.8 Å². The lowest BCUT2D eigenvalue weighted by Crippen LogP contribution is -2.52. The first-order valence-corrected chi connectivity index (χ1v) is 10.4. The van der Waals surface area contributed by atoms with Gasteiger partial charge in [0.05, 0.1) is 13.2 Å². The monoisotopic (exact) mass is 461 g/mol. The number of halogens is 2. The zero-order chi connectivity index (χ0) is 22.4. The van der Waals surface area contributed by atoms with Crippen molar-refractivity contribution in [2.45, 2.75) is 37.1 Å². The number of ether oxygens (including phenoxy) is 1. The molecule has 1 unspecified atom stereocenters. The third kappa shape index (κ3) is 3.84. The maximum Gasteiger partial charge on any atom is 0.530 e. The maximum absolute atomic E-state index is 14.0. The number of nitrogens with two attached hydrogens (primary N) is 1. The number of hydrogen-bond donors (Lipinski definition) is 3. The normalized spacial score (nSPS) is 32.6. The van der Waals surface area contributed by atoms with Crippen LogP contribution in [0.4, 0.5) is 14.6 Å². The number of alkyl halides is 2. The van der Waals surface area contributed by atoms with E-state index in [-0.39, 0.29) is 18.2 Å². The number of aliphatic hydroxyl groups excluding tert-OH is 2. The van der Waals surface area contributed by atoms with Gasteiger partial charge in [-0.05, 0) is 12.1 Å². The molecule has 0 amide bonds. The highest BCUT2D eigenvalue weighted by atomic mass is 31.2. The summed E-state index contributed by atoms with van der Waals surface area (Å²) >= 11 is 0. The molecule has 168 valence electrons. The van der Waals surface area contributed by atoms with E-state index in [4.69, 9.17) is 24.0 Å². The fourth-order valence-electron chi connectivity index (χ4n) is 3.26. The molecule has 0 bridgehead atoms. The fraction of sp³-hybridized carbons (Fsp3) is 0.412. The Kier molecular flexibility index (Phi) is 5.58. The molecular weight excluding hydrogens is 443 g/mol. The van der Waals surface area contributed by atoms with Gasteiger partial charge >= 0.3 is 13.5 Å². The number of phosphoric ester groups is 1. The summed E-state index contributed by atoms with van der Waals surface area (Å²) in [5.41, 5.74) is 2.13. The van der Waals surface area contributed by atoms with Crippen LogP contribution in [0.15, 0.2) is 41.3 Å². The number of benzene rings is 1. The molecule has 14 heteroatoms. The van der Waals surface area contributed by atoms with Crippen molar-refractivity contribution in [1.29, 1.82) is 0 Å². The average Bonchev–Trinajstić information content (AvgIpc) is 2.98. The molecule has 4 N–H and O–H groups in total. The molecule has 0 aliphatic carbocycles. The molecule has 2 aliphatic heterocycles. The molecule has 2 aromatic rings. The lowest BCUT2D eigenvalue weighted by atomic mass is 9.96. The molecule has 0 spiro atoms. The topological polar surface area (TPSA) is 155 Å². The first-order valence-electron chi connectivity index (χ1n) is 8.98. The van der Waals surface area contributed by atoms with E-state index in [1.54, 1.807) is 18.2 Å². The Balaban J connectivity index is 1.58. The maximum atomic E-state index is 14.0. The highest BCUT2D eigenvalue weighted by Crippen LogP contribution is 2.56. The summed E-state index contributed by atoms with van der Waals surface area (Å²) in [6.07, 6.45) is -8.26. The Morgan fingerprint density at radius 1 is 1.35 bits per heavy atom. The number of aromatic nitrogens is 2. The zero-order valence-corrected chi connectivity index (χ0v) is 16.6. The van der Waals surface area contributed by atoms with Crippen LogP contribution in [-0.4, -0.2) is 50.6 Å². The van der Waals surface area contributed by atoms with Crippen LogP contribution in [0.25, 0.3) is 0 Å². The van der Waals surface area contributed by atoms with Crippen LogP contribution >= 0.6 is 7.82 Å². The summed E-state index contributed by atoms with van der Waals surface area (Å²) in [5.74, 6) is 0.0520. The molecule has 11 nitrogen and oxygen atoms in total. The summed E-state index contributed by atoms with van der Waals surface area (Å²) in [7, 11) is -4.34. The predicted molar refractivity (Wildman–Crippen MR) is 99.2 cm³/mol. The van der Waals surface area contributed by atoms with Crippen molar-refractivity contribution in [3.63, 3.8) is 0 Å². The Hall–Kier alpha value is -2.41. The molecule has 1 saturated heterocycles. The average molecular weight is 461 g/mol. The number of nitrogen functional groups attached to an aromatic ring is 1. The summed E-state index contributed by atoms with van der Waals surface area (Å²) in [4.78, 5) is 15.5. The molecular formula is C17H18F2N3O8P. The molecule has 1 aromatic carbocycles. The van der Waals surface area contributed by atoms with E-state index in [1.165, 1.54) is 12.1 Å². The summed E-state index contributed by atoms with van der Waals surface area (Å²) in [5, 5.41) is 20.7. The third-order valence-electron chi connectivity index (χ3n) is 4.96. The molecule has 1 aromatic heterocycles. The highest BCUT2D eigenvalue weighted by Gasteiger charge is 2.61. The molecule has 5 atom stereocenters. The van der Waals surface area contributed by atoms with Gasteiger partial charge in [-0.3, -0.25) is 13.6 Å². The fourth-order valence-corrected chi connectivity index (χ4v) is 4.52. The smallest absolute Gasteiger partial charge is 0.404 e. The van der Waals surface area contributed by atoms with Gasteiger partial charge in [0.25, 0.3) is 6.43 Å². The number of aliphatic hydroxyl groups is 2. The van der Waals surface area contributed by atoms with Crippen molar-refractivity contribution >= 4 is 13.6 Å². The SMILES string of the molecule is Nc1ccn([C@@H]2O[C@@](COP3(=O)OCc4ccccc4O3)(C(F)F)[C@@H](O)[C@H]2O)c(=O)n1. The minimum Gasteiger partial charge on any atom is -0.404 e. The number of fused-ring (bicyclic) bond motifs is 1. The second kappa shape index (κ2) is 7.93. The van der Waals surface area contributed by atoms with E-state index in [0.29, 0.717) is 10.1 Å². The summed E-state index contributed by atoms with van der Waals surface area (Å²) in [6, 6.07) is 7.65. The van der Waals surface area contributed by atoms with Crippen molar-refractivity contribution in [3.8, 4) is 5.75 Å². The molecule has 0 saturated carbocycles. The van der Waals surface area contributed by atoms with E-state index in [1.807, 2.05) is 0 Å². The van der Waals surface area contributed by atoms with Gasteiger partial charge < -0.3 is 25.2 Å². The minimum atomic E-state index is -4.34. The van der Waals surface area contributed by atoms with Crippen LogP contribution in [0.3, 0.4) is 0 Å².